The van der Waals surface area contributed by atoms with Gasteiger partial charge in [0, 0.05) is 13.1 Å². The average Bonchev–Trinajstić information content (AvgIpc) is 3.06. The molecule has 2 heterocycles. The average molecular weight is 293 g/mol. The Labute approximate surface area is 124 Å². The Morgan fingerprint density at radius 1 is 1.24 bits per heavy atom. The zero-order valence-corrected chi connectivity index (χ0v) is 12.6. The lowest BCUT2D eigenvalue weighted by Crippen LogP contribution is -2.54. The first-order chi connectivity index (χ1) is 10.0. The molecule has 3 rings (SSSR count). The molecular weight excluding hydrogens is 270 g/mol. The van der Waals surface area contributed by atoms with Crippen LogP contribution in [0.2, 0.25) is 0 Å². The number of urea groups is 1. The Hall–Kier alpha value is -1.59. The Balaban J connectivity index is 1.73. The van der Waals surface area contributed by atoms with E-state index in [1.165, 1.54) is 0 Å². The molecule has 1 N–H and O–H groups in total. The van der Waals surface area contributed by atoms with Crippen LogP contribution in [0.5, 0.6) is 0 Å². The molecule has 2 aliphatic heterocycles. The van der Waals surface area contributed by atoms with Gasteiger partial charge in [-0.2, -0.15) is 0 Å². The van der Waals surface area contributed by atoms with Gasteiger partial charge in [0.1, 0.15) is 12.1 Å². The number of rotatable bonds is 2. The van der Waals surface area contributed by atoms with E-state index in [0.29, 0.717) is 6.42 Å². The van der Waals surface area contributed by atoms with E-state index in [-0.39, 0.29) is 24.3 Å². The van der Waals surface area contributed by atoms with Crippen LogP contribution in [0.15, 0.2) is 0 Å². The van der Waals surface area contributed by atoms with Crippen LogP contribution < -0.4 is 5.32 Å². The molecule has 6 nitrogen and oxygen atoms in total. The van der Waals surface area contributed by atoms with E-state index in [9.17, 15) is 14.4 Å². The van der Waals surface area contributed by atoms with E-state index in [0.717, 1.165) is 50.1 Å². The molecule has 21 heavy (non-hydrogen) atoms. The number of hydrogen-bond donors (Lipinski definition) is 1. The summed E-state index contributed by atoms with van der Waals surface area (Å²) < 4.78 is 0. The first kappa shape index (κ1) is 14.4. The second kappa shape index (κ2) is 5.31. The van der Waals surface area contributed by atoms with Gasteiger partial charge in [0.25, 0.3) is 5.91 Å². The molecule has 0 radical (unpaired) electrons. The van der Waals surface area contributed by atoms with Gasteiger partial charge in [-0.3, -0.25) is 14.5 Å². The summed E-state index contributed by atoms with van der Waals surface area (Å²) in [5, 5.41) is 2.88. The zero-order valence-electron chi connectivity index (χ0n) is 12.6. The van der Waals surface area contributed by atoms with Crippen molar-refractivity contribution in [3.05, 3.63) is 0 Å². The number of imide groups is 1. The van der Waals surface area contributed by atoms with Crippen LogP contribution in [0.25, 0.3) is 0 Å². The van der Waals surface area contributed by atoms with Gasteiger partial charge < -0.3 is 10.2 Å². The molecule has 0 aromatic carbocycles. The van der Waals surface area contributed by atoms with Crippen molar-refractivity contribution in [2.75, 3.05) is 19.6 Å². The summed E-state index contributed by atoms with van der Waals surface area (Å²) in [6.07, 6.45) is 5.69. The van der Waals surface area contributed by atoms with Crippen LogP contribution in [0.4, 0.5) is 4.79 Å². The molecule has 6 heteroatoms. The molecule has 3 aliphatic rings. The van der Waals surface area contributed by atoms with Crippen molar-refractivity contribution < 1.29 is 14.4 Å². The largest absolute Gasteiger partial charge is 0.341 e. The fourth-order valence-electron chi connectivity index (χ4n) is 3.84. The van der Waals surface area contributed by atoms with Crippen molar-refractivity contribution in [2.45, 2.75) is 51.0 Å². The van der Waals surface area contributed by atoms with Gasteiger partial charge in [0.05, 0.1) is 0 Å². The third-order valence-corrected chi connectivity index (χ3v) is 5.25. The third kappa shape index (κ3) is 2.30. The summed E-state index contributed by atoms with van der Waals surface area (Å²) in [7, 11) is 0. The van der Waals surface area contributed by atoms with E-state index < -0.39 is 11.6 Å². The first-order valence-corrected chi connectivity index (χ1v) is 7.96. The highest BCUT2D eigenvalue weighted by Gasteiger charge is 2.55. The molecule has 1 aliphatic carbocycles. The standard InChI is InChI=1S/C15H23N3O3/c1-11-6-2-3-7-15(11)13(20)18(14(21)16-15)10-12(19)17-8-4-5-9-17/h11H,2-10H2,1H3,(H,16,21)/t11-,15+/m1/s1. The van der Waals surface area contributed by atoms with E-state index in [4.69, 9.17) is 0 Å². The summed E-state index contributed by atoms with van der Waals surface area (Å²) in [5.74, 6) is -0.182. The summed E-state index contributed by atoms with van der Waals surface area (Å²) in [6, 6.07) is -0.402. The minimum absolute atomic E-state index is 0.112. The van der Waals surface area contributed by atoms with Gasteiger partial charge in [-0.25, -0.2) is 4.79 Å². The lowest BCUT2D eigenvalue weighted by molar-refractivity contribution is -0.140. The Morgan fingerprint density at radius 2 is 1.95 bits per heavy atom. The van der Waals surface area contributed by atoms with Crippen molar-refractivity contribution >= 4 is 17.8 Å². The van der Waals surface area contributed by atoms with Crippen molar-refractivity contribution in [3.63, 3.8) is 0 Å². The van der Waals surface area contributed by atoms with E-state index in [2.05, 4.69) is 5.32 Å². The monoisotopic (exact) mass is 293 g/mol. The van der Waals surface area contributed by atoms with Crippen LogP contribution in [0.1, 0.15) is 45.4 Å². The molecule has 1 saturated carbocycles. The maximum absolute atomic E-state index is 12.7. The summed E-state index contributed by atoms with van der Waals surface area (Å²) in [6.45, 7) is 3.39. The second-order valence-corrected chi connectivity index (χ2v) is 6.53. The van der Waals surface area contributed by atoms with Gasteiger partial charge >= 0.3 is 6.03 Å². The van der Waals surface area contributed by atoms with Gasteiger partial charge in [0.2, 0.25) is 5.91 Å². The lowest BCUT2D eigenvalue weighted by Gasteiger charge is -2.36. The normalized spacial score (nSPS) is 32.9. The summed E-state index contributed by atoms with van der Waals surface area (Å²) >= 11 is 0. The maximum Gasteiger partial charge on any atom is 0.325 e. The third-order valence-electron chi connectivity index (χ3n) is 5.25. The Bertz CT molecular complexity index is 473. The van der Waals surface area contributed by atoms with E-state index in [1.54, 1.807) is 4.90 Å². The van der Waals surface area contributed by atoms with Crippen molar-refractivity contribution in [1.82, 2.24) is 15.1 Å². The van der Waals surface area contributed by atoms with Crippen LogP contribution >= 0.6 is 0 Å². The van der Waals surface area contributed by atoms with E-state index >= 15 is 0 Å². The molecular formula is C15H23N3O3. The van der Waals surface area contributed by atoms with Gasteiger partial charge in [0.15, 0.2) is 0 Å². The van der Waals surface area contributed by atoms with Crippen LogP contribution in [-0.4, -0.2) is 52.8 Å². The van der Waals surface area contributed by atoms with Crippen LogP contribution in [0, 0.1) is 5.92 Å². The van der Waals surface area contributed by atoms with Gasteiger partial charge in [-0.05, 0) is 31.6 Å². The predicted molar refractivity (Wildman–Crippen MR) is 76.4 cm³/mol. The highest BCUT2D eigenvalue weighted by Crippen LogP contribution is 2.38. The van der Waals surface area contributed by atoms with Gasteiger partial charge in [-0.15, -0.1) is 0 Å². The molecule has 4 amide bonds. The number of hydrogen-bond acceptors (Lipinski definition) is 3. The molecule has 1 spiro atoms. The minimum Gasteiger partial charge on any atom is -0.341 e. The first-order valence-electron chi connectivity index (χ1n) is 7.96. The van der Waals surface area contributed by atoms with Crippen molar-refractivity contribution in [3.8, 4) is 0 Å². The highest BCUT2D eigenvalue weighted by atomic mass is 16.2. The highest BCUT2D eigenvalue weighted by molar-refractivity contribution is 6.09. The molecule has 2 atom stereocenters. The quantitative estimate of drug-likeness (QED) is 0.775. The predicted octanol–water partition coefficient (Wildman–Crippen LogP) is 1.11. The summed E-state index contributed by atoms with van der Waals surface area (Å²) in [4.78, 5) is 40.0. The van der Waals surface area contributed by atoms with Crippen molar-refractivity contribution in [1.29, 1.82) is 0 Å². The minimum atomic E-state index is -0.763. The lowest BCUT2D eigenvalue weighted by atomic mass is 9.73. The Morgan fingerprint density at radius 3 is 2.62 bits per heavy atom. The van der Waals surface area contributed by atoms with Crippen LogP contribution in [0.3, 0.4) is 0 Å². The molecule has 0 aromatic rings. The number of nitrogens with zero attached hydrogens (tertiary/aromatic N) is 2. The summed E-state index contributed by atoms with van der Waals surface area (Å²) in [5.41, 5.74) is -0.763. The smallest absolute Gasteiger partial charge is 0.325 e. The number of amides is 4. The number of nitrogens with one attached hydrogen (secondary N) is 1. The van der Waals surface area contributed by atoms with E-state index in [1.807, 2.05) is 6.92 Å². The number of carbonyl (C=O) groups is 3. The van der Waals surface area contributed by atoms with Crippen molar-refractivity contribution in [2.24, 2.45) is 5.92 Å². The fourth-order valence-corrected chi connectivity index (χ4v) is 3.84. The number of carbonyl (C=O) groups excluding carboxylic acids is 3. The molecule has 2 saturated heterocycles. The zero-order chi connectivity index (χ0) is 15.0. The molecule has 3 fully saturated rings. The topological polar surface area (TPSA) is 69.7 Å². The molecule has 0 aromatic heterocycles. The SMILES string of the molecule is C[C@@H]1CCCC[C@]12NC(=O)N(CC(=O)N1CCCC1)C2=O. The Kier molecular flexibility index (Phi) is 3.63. The second-order valence-electron chi connectivity index (χ2n) is 6.53. The molecule has 0 bridgehead atoms. The fraction of sp³-hybridized carbons (Fsp3) is 0.800. The molecule has 0 unspecified atom stereocenters. The number of likely N-dealkylation sites (tertiary alicyclic amines) is 1. The van der Waals surface area contributed by atoms with Crippen LogP contribution in [-0.2, 0) is 9.59 Å². The van der Waals surface area contributed by atoms with Gasteiger partial charge in [-0.1, -0.05) is 19.8 Å². The maximum atomic E-state index is 12.7. The molecule has 116 valence electrons.